The van der Waals surface area contributed by atoms with E-state index in [4.69, 9.17) is 18.9 Å². The number of ether oxygens (including phenoxy) is 4. The molecule has 6 heterocycles. The number of benzene rings is 3. The van der Waals surface area contributed by atoms with Gasteiger partial charge in [0.25, 0.3) is 5.91 Å². The van der Waals surface area contributed by atoms with E-state index >= 15 is 4.79 Å². The first-order chi connectivity index (χ1) is 33.1. The Morgan fingerprint density at radius 3 is 2.38 bits per heavy atom. The number of esters is 3. The molecule has 10 rings (SSSR count). The third kappa shape index (κ3) is 6.47. The zero-order valence-electron chi connectivity index (χ0n) is 40.5. The molecule has 15 nitrogen and oxygen atoms in total. The summed E-state index contributed by atoms with van der Waals surface area (Å²) in [4.78, 5) is 68.0. The third-order valence-electron chi connectivity index (χ3n) is 17.3. The molecule has 2 saturated heterocycles. The maximum absolute atomic E-state index is 15.7. The van der Waals surface area contributed by atoms with Crippen molar-refractivity contribution in [1.82, 2.24) is 20.1 Å². The van der Waals surface area contributed by atoms with E-state index in [1.54, 1.807) is 31.4 Å². The van der Waals surface area contributed by atoms with Gasteiger partial charge < -0.3 is 44.2 Å². The SMILES string of the molecule is CC[C@]1(NC(=O)c2ccc(C#N)cc2)C[C@H]2CN(CCc3c([nH]c4ccccc34)[C@@](C(=O)OC)(c3cc4c(cc3OC)N(C)[C@H]3[C@@](O)(C(=O)OC)[C@H](OC(C)=O)[C@]5(CC)C=CCN6CC[C@]43[C@@H]65)C2)C1. The molecule has 1 spiro atoms. The van der Waals surface area contributed by atoms with Crippen LogP contribution in [0.15, 0.2) is 72.8 Å². The second kappa shape index (κ2) is 16.7. The minimum absolute atomic E-state index is 0.162. The lowest BCUT2D eigenvalue weighted by Gasteiger charge is -2.63. The van der Waals surface area contributed by atoms with Gasteiger partial charge in [0, 0.05) is 96.5 Å². The lowest BCUT2D eigenvalue weighted by atomic mass is 9.47. The van der Waals surface area contributed by atoms with E-state index in [2.05, 4.69) is 45.2 Å². The number of rotatable bonds is 9. The molecule has 3 fully saturated rings. The van der Waals surface area contributed by atoms with Gasteiger partial charge in [-0.25, -0.2) is 4.79 Å². The molecule has 69 heavy (non-hydrogen) atoms. The Balaban J connectivity index is 1.21. The number of para-hydroxylation sites is 1. The Morgan fingerprint density at radius 2 is 1.70 bits per heavy atom. The van der Waals surface area contributed by atoms with Crippen LogP contribution in [-0.4, -0.2) is 134 Å². The Bertz CT molecular complexity index is 2840. The van der Waals surface area contributed by atoms with Crippen LogP contribution in [0.4, 0.5) is 5.69 Å². The van der Waals surface area contributed by atoms with E-state index in [1.807, 2.05) is 55.3 Å². The summed E-state index contributed by atoms with van der Waals surface area (Å²) in [6, 6.07) is 19.6. The van der Waals surface area contributed by atoms with Crippen LogP contribution in [0.2, 0.25) is 0 Å². The number of hydrogen-bond donors (Lipinski definition) is 3. The highest BCUT2D eigenvalue weighted by Gasteiger charge is 2.80. The summed E-state index contributed by atoms with van der Waals surface area (Å²) in [7, 11) is 6.12. The van der Waals surface area contributed by atoms with Crippen LogP contribution < -0.4 is 15.0 Å². The van der Waals surface area contributed by atoms with E-state index in [-0.39, 0.29) is 24.3 Å². The van der Waals surface area contributed by atoms with Gasteiger partial charge in [0.2, 0.25) is 5.60 Å². The smallest absolute Gasteiger partial charge is 0.344 e. The van der Waals surface area contributed by atoms with Gasteiger partial charge >= 0.3 is 17.9 Å². The molecule has 1 unspecified atom stereocenters. The van der Waals surface area contributed by atoms with Gasteiger partial charge in [0.15, 0.2) is 6.10 Å². The highest BCUT2D eigenvalue weighted by Crippen LogP contribution is 2.68. The first-order valence-corrected chi connectivity index (χ1v) is 24.2. The maximum atomic E-state index is 15.7. The number of aromatic amines is 1. The van der Waals surface area contributed by atoms with E-state index in [0.29, 0.717) is 98.6 Å². The van der Waals surface area contributed by atoms with Crippen LogP contribution in [0, 0.1) is 22.7 Å². The summed E-state index contributed by atoms with van der Waals surface area (Å²) in [6.45, 7) is 8.56. The zero-order valence-corrected chi connectivity index (χ0v) is 40.5. The van der Waals surface area contributed by atoms with Crippen molar-refractivity contribution in [2.45, 2.75) is 99.5 Å². The van der Waals surface area contributed by atoms with E-state index < -0.39 is 57.4 Å². The predicted molar refractivity (Wildman–Crippen MR) is 257 cm³/mol. The van der Waals surface area contributed by atoms with Gasteiger partial charge in [-0.1, -0.05) is 44.2 Å². The summed E-state index contributed by atoms with van der Waals surface area (Å²) >= 11 is 0. The van der Waals surface area contributed by atoms with Gasteiger partial charge in [-0.3, -0.25) is 19.3 Å². The second-order valence-electron chi connectivity index (χ2n) is 20.4. The van der Waals surface area contributed by atoms with E-state index in [0.717, 1.165) is 22.0 Å². The van der Waals surface area contributed by atoms with Crippen molar-refractivity contribution in [1.29, 1.82) is 5.26 Å². The number of aliphatic hydroxyl groups is 1. The van der Waals surface area contributed by atoms with Crippen LogP contribution in [0.25, 0.3) is 10.9 Å². The highest BCUT2D eigenvalue weighted by atomic mass is 16.6. The van der Waals surface area contributed by atoms with Gasteiger partial charge in [-0.05, 0) is 98.5 Å². The number of nitriles is 1. The zero-order chi connectivity index (χ0) is 48.8. The van der Waals surface area contributed by atoms with Gasteiger partial charge in [-0.15, -0.1) is 0 Å². The number of H-pyrrole nitrogens is 1. The van der Waals surface area contributed by atoms with Crippen molar-refractivity contribution in [3.05, 3.63) is 106 Å². The fraction of sp³-hybridized carbons (Fsp3) is 0.500. The lowest BCUT2D eigenvalue weighted by molar-refractivity contribution is -0.228. The van der Waals surface area contributed by atoms with Crippen molar-refractivity contribution in [2.75, 3.05) is 66.0 Å². The Kier molecular flexibility index (Phi) is 11.3. The Labute approximate surface area is 402 Å². The fourth-order valence-corrected chi connectivity index (χ4v) is 14.7. The monoisotopic (exact) mass is 938 g/mol. The summed E-state index contributed by atoms with van der Waals surface area (Å²) in [5.74, 6) is -1.96. The molecule has 4 aromatic rings. The Morgan fingerprint density at radius 1 is 0.942 bits per heavy atom. The molecule has 6 aliphatic rings. The number of amides is 1. The molecular weight excluding hydrogens is 877 g/mol. The van der Waals surface area contributed by atoms with E-state index in [9.17, 15) is 24.8 Å². The van der Waals surface area contributed by atoms with Crippen molar-refractivity contribution < 1.29 is 43.2 Å². The molecule has 15 heteroatoms. The van der Waals surface area contributed by atoms with Crippen LogP contribution in [-0.2, 0) is 45.8 Å². The van der Waals surface area contributed by atoms with Crippen LogP contribution in [0.3, 0.4) is 0 Å². The predicted octanol–water partition coefficient (Wildman–Crippen LogP) is 5.30. The molecule has 1 aliphatic carbocycles. The summed E-state index contributed by atoms with van der Waals surface area (Å²) in [5, 5.41) is 27.3. The summed E-state index contributed by atoms with van der Waals surface area (Å²) < 4.78 is 24.2. The number of piperidine rings is 1. The number of anilines is 1. The highest BCUT2D eigenvalue weighted by molar-refractivity contribution is 5.96. The normalized spacial score (nSPS) is 33.0. The molecule has 10 atom stereocenters. The van der Waals surface area contributed by atoms with Crippen molar-refractivity contribution in [3.8, 4) is 11.8 Å². The minimum atomic E-state index is -2.34. The van der Waals surface area contributed by atoms with E-state index in [1.165, 1.54) is 21.1 Å². The fourth-order valence-electron chi connectivity index (χ4n) is 14.7. The second-order valence-corrected chi connectivity index (χ2v) is 20.4. The van der Waals surface area contributed by atoms with Crippen molar-refractivity contribution in [2.24, 2.45) is 11.3 Å². The number of hydrogen-bond acceptors (Lipinski definition) is 13. The number of carbonyl (C=O) groups excluding carboxylic acids is 4. The first kappa shape index (κ1) is 46.5. The molecular formula is C54H62N6O9. The molecule has 362 valence electrons. The van der Waals surface area contributed by atoms with Crippen LogP contribution in [0.1, 0.15) is 91.2 Å². The molecule has 1 aromatic heterocycles. The summed E-state index contributed by atoms with van der Waals surface area (Å²) in [6.07, 6.45) is 5.82. The largest absolute Gasteiger partial charge is 0.496 e. The number of carbonyl (C=O) groups is 4. The molecule has 5 aliphatic heterocycles. The van der Waals surface area contributed by atoms with Crippen LogP contribution in [0.5, 0.6) is 5.75 Å². The van der Waals surface area contributed by atoms with Gasteiger partial charge in [0.05, 0.1) is 44.5 Å². The average molecular weight is 939 g/mol. The summed E-state index contributed by atoms with van der Waals surface area (Å²) in [5.41, 5.74) is -0.842. The van der Waals surface area contributed by atoms with Crippen molar-refractivity contribution in [3.63, 3.8) is 0 Å². The number of fused-ring (bicyclic) bond motifs is 6. The standard InChI is InChI=1S/C54H62N6O9/c1-8-50(57-44(62)35-17-15-33(29-55)16-18-35)27-34-28-53(48(63)67-6,43-37(19-23-59(30-34)31-50)36-13-10-11-14-40(36)56-43)39-25-38-41(26-42(39)66-5)58(4)46-52(38)21-24-60-22-12-20-51(9-2,45(52)60)47(69-32(3)61)54(46,65)49(64)68-7/h10-18,20,25-26,34,45-47,56,65H,8-9,19,21-24,27-28,30-31H2,1-7H3,(H,57,62)/t34-,45+,46-,47-,50+,51-,52-,53+,54+/m1/s1. The molecule has 2 bridgehead atoms. The molecule has 3 aromatic carbocycles. The molecule has 1 amide bonds. The molecule has 3 N–H and O–H groups in total. The average Bonchev–Trinajstić information content (AvgIpc) is 4.03. The molecule has 1 saturated carbocycles. The van der Waals surface area contributed by atoms with Gasteiger partial charge in [0.1, 0.15) is 11.2 Å². The number of aromatic nitrogens is 1. The number of nitrogens with one attached hydrogen (secondary N) is 2. The number of methoxy groups -OCH3 is 3. The van der Waals surface area contributed by atoms with Crippen LogP contribution >= 0.6 is 0 Å². The molecule has 0 radical (unpaired) electrons. The lowest BCUT2D eigenvalue weighted by Crippen LogP contribution is -2.81. The first-order valence-electron chi connectivity index (χ1n) is 24.2. The minimum Gasteiger partial charge on any atom is -0.496 e. The topological polar surface area (TPSA) is 187 Å². The third-order valence-corrected chi connectivity index (χ3v) is 17.3. The maximum Gasteiger partial charge on any atom is 0.344 e. The quantitative estimate of drug-likeness (QED) is 0.112. The number of likely N-dealkylation sites (N-methyl/N-ethyl adjacent to an activating group) is 1. The van der Waals surface area contributed by atoms with Crippen molar-refractivity contribution >= 4 is 40.4 Å². The number of nitrogens with zero attached hydrogens (tertiary/aromatic N) is 4. The van der Waals surface area contributed by atoms with Gasteiger partial charge in [-0.2, -0.15) is 5.26 Å². The Hall–Kier alpha value is -6.21.